The number of carbonyl (C=O) groups is 1. The number of halogens is 1. The predicted molar refractivity (Wildman–Crippen MR) is 187 cm³/mol. The molecule has 3 heterocycles. The summed E-state index contributed by atoms with van der Waals surface area (Å²) in [5.74, 6) is -0.835. The van der Waals surface area contributed by atoms with Gasteiger partial charge in [-0.3, -0.25) is 13.9 Å². The zero-order valence-corrected chi connectivity index (χ0v) is 29.4. The number of hydrogen-bond donors (Lipinski definition) is 2. The highest BCUT2D eigenvalue weighted by atomic mass is 32.3. The Labute approximate surface area is 278 Å². The first-order valence-corrected chi connectivity index (χ1v) is 19.9. The van der Waals surface area contributed by atoms with E-state index in [0.29, 0.717) is 24.3 Å². The van der Waals surface area contributed by atoms with Gasteiger partial charge in [0, 0.05) is 31.7 Å². The van der Waals surface area contributed by atoms with Crippen LogP contribution in [0.1, 0.15) is 50.7 Å². The molecule has 2 atom stereocenters. The summed E-state index contributed by atoms with van der Waals surface area (Å²) in [5, 5.41) is 6.24. The number of carbonyl (C=O) groups excluding carboxylic acids is 1. The van der Waals surface area contributed by atoms with Crippen LogP contribution in [0.25, 0.3) is 11.0 Å². The number of rotatable bonds is 7. The quantitative estimate of drug-likeness (QED) is 0.234. The number of amides is 1. The van der Waals surface area contributed by atoms with Crippen molar-refractivity contribution in [1.29, 1.82) is 0 Å². The summed E-state index contributed by atoms with van der Waals surface area (Å²) in [6.45, 7) is 11.9. The van der Waals surface area contributed by atoms with Crippen molar-refractivity contribution in [3.63, 3.8) is 0 Å². The summed E-state index contributed by atoms with van der Waals surface area (Å²) in [6, 6.07) is 22.3. The minimum absolute atomic E-state index is 0.000702. The highest BCUT2D eigenvalue weighted by Gasteiger charge is 2.50. The minimum Gasteiger partial charge on any atom is -0.403 e. The third kappa shape index (κ3) is 6.47. The van der Waals surface area contributed by atoms with Gasteiger partial charge in [0.15, 0.2) is 11.5 Å². The first-order valence-electron chi connectivity index (χ1n) is 16.1. The Kier molecular flexibility index (Phi) is 9.29. The van der Waals surface area contributed by atoms with E-state index in [-0.39, 0.29) is 65.1 Å². The summed E-state index contributed by atoms with van der Waals surface area (Å²) < 4.78 is 55.8. The molecule has 47 heavy (non-hydrogen) atoms. The fourth-order valence-electron chi connectivity index (χ4n) is 7.07. The van der Waals surface area contributed by atoms with Crippen LogP contribution in [0.15, 0.2) is 71.3 Å². The topological polar surface area (TPSA) is 109 Å². The molecular weight excluding hydrogens is 638 g/mol. The molecule has 2 fully saturated rings. The molecule has 2 N–H and O–H groups in total. The number of ether oxygens (including phenoxy) is 1. The van der Waals surface area contributed by atoms with Crippen LogP contribution in [0.5, 0.6) is 0 Å². The van der Waals surface area contributed by atoms with Crippen molar-refractivity contribution in [3.8, 4) is 0 Å². The molecule has 0 bridgehead atoms. The molecule has 0 spiro atoms. The van der Waals surface area contributed by atoms with Crippen LogP contribution < -0.4 is 15.3 Å². The third-order valence-corrected chi connectivity index (χ3v) is 15.9. The third-order valence-electron chi connectivity index (χ3n) is 9.22. The Morgan fingerprint density at radius 3 is 2.09 bits per heavy atom. The lowest BCUT2D eigenvalue weighted by Gasteiger charge is -2.43. The second-order valence-electron chi connectivity index (χ2n) is 13.7. The Bertz CT molecular complexity index is 1670. The summed E-state index contributed by atoms with van der Waals surface area (Å²) in [5.41, 5.74) is 0.860. The number of aromatic nitrogens is 1. The number of hydrogen-bond acceptors (Lipinski definition) is 8. The molecule has 0 radical (unpaired) electrons. The summed E-state index contributed by atoms with van der Waals surface area (Å²) in [6.07, 6.45) is -0.255. The van der Waals surface area contributed by atoms with Gasteiger partial charge in [-0.05, 0) is 35.3 Å². The molecule has 2 aliphatic heterocycles. The molecular formula is C35H44FN3O6SSi. The van der Waals surface area contributed by atoms with Crippen molar-refractivity contribution in [2.24, 2.45) is 0 Å². The highest BCUT2D eigenvalue weighted by Crippen LogP contribution is 2.42. The molecule has 12 heteroatoms. The largest absolute Gasteiger partial charge is 0.403 e. The minimum atomic E-state index is -3.00. The van der Waals surface area contributed by atoms with E-state index in [1.54, 1.807) is 6.07 Å². The number of nitrogens with zero attached hydrogens (tertiary/aromatic N) is 3. The van der Waals surface area contributed by atoms with Gasteiger partial charge in [-0.2, -0.15) is 10.6 Å². The SMILES string of the molecule is C[C@@H]1CN(c2c(CO[Si](c3ccccc3)(c3ccccc3)C(C)(C)C)cc3c(C(=O)N4CCS(O)(O)CC4)noc3c2F)C[C@H](C)O1. The van der Waals surface area contributed by atoms with Gasteiger partial charge in [0.1, 0.15) is 0 Å². The van der Waals surface area contributed by atoms with Crippen LogP contribution in [0.3, 0.4) is 0 Å². The van der Waals surface area contributed by atoms with Crippen molar-refractivity contribution in [2.75, 3.05) is 42.6 Å². The lowest BCUT2D eigenvalue weighted by atomic mass is 10.0. The zero-order valence-electron chi connectivity index (χ0n) is 27.6. The maximum atomic E-state index is 16.8. The maximum Gasteiger partial charge on any atom is 0.276 e. The average molecular weight is 682 g/mol. The van der Waals surface area contributed by atoms with Crippen LogP contribution in [-0.4, -0.2) is 83.3 Å². The van der Waals surface area contributed by atoms with E-state index in [2.05, 4.69) is 50.2 Å². The van der Waals surface area contributed by atoms with Gasteiger partial charge in [0.05, 0.1) is 41.4 Å². The Morgan fingerprint density at radius 2 is 1.55 bits per heavy atom. The summed E-state index contributed by atoms with van der Waals surface area (Å²) in [4.78, 5) is 17.2. The number of morpholine rings is 1. The van der Waals surface area contributed by atoms with E-state index >= 15 is 4.39 Å². The van der Waals surface area contributed by atoms with E-state index in [1.165, 1.54) is 4.90 Å². The van der Waals surface area contributed by atoms with Gasteiger partial charge < -0.3 is 23.5 Å². The van der Waals surface area contributed by atoms with Gasteiger partial charge in [0.2, 0.25) is 5.58 Å². The Hall–Kier alpha value is -3.26. The predicted octanol–water partition coefficient (Wildman–Crippen LogP) is 5.86. The first kappa shape index (κ1) is 33.6. The van der Waals surface area contributed by atoms with E-state index in [0.717, 1.165) is 10.4 Å². The molecule has 2 aliphatic rings. The van der Waals surface area contributed by atoms with Gasteiger partial charge in [-0.1, -0.05) is 86.6 Å². The van der Waals surface area contributed by atoms with E-state index < -0.39 is 30.6 Å². The molecule has 3 aromatic carbocycles. The fourth-order valence-corrected chi connectivity index (χ4v) is 12.8. The molecule has 0 aliphatic carbocycles. The lowest BCUT2D eigenvalue weighted by molar-refractivity contribution is -0.00549. The highest BCUT2D eigenvalue weighted by molar-refractivity contribution is 8.24. The number of anilines is 1. The van der Waals surface area contributed by atoms with Crippen LogP contribution in [0, 0.1) is 5.82 Å². The zero-order chi connectivity index (χ0) is 33.6. The normalized spacial score (nSPS) is 21.2. The molecule has 6 rings (SSSR count). The fraction of sp³-hybridized carbons (Fsp3) is 0.429. The van der Waals surface area contributed by atoms with Crippen LogP contribution in [0.4, 0.5) is 10.1 Å². The van der Waals surface area contributed by atoms with Crippen LogP contribution in [0.2, 0.25) is 5.04 Å². The van der Waals surface area contributed by atoms with Crippen molar-refractivity contribution < 1.29 is 32.0 Å². The monoisotopic (exact) mass is 681 g/mol. The molecule has 0 saturated carbocycles. The molecule has 9 nitrogen and oxygen atoms in total. The molecule has 2 saturated heterocycles. The van der Waals surface area contributed by atoms with Gasteiger partial charge >= 0.3 is 0 Å². The van der Waals surface area contributed by atoms with Gasteiger partial charge in [-0.25, -0.2) is 4.39 Å². The van der Waals surface area contributed by atoms with Crippen molar-refractivity contribution in [3.05, 3.63) is 83.8 Å². The van der Waals surface area contributed by atoms with Crippen molar-refractivity contribution in [1.82, 2.24) is 10.1 Å². The summed E-state index contributed by atoms with van der Waals surface area (Å²) >= 11 is 0. The number of fused-ring (bicyclic) bond motifs is 1. The van der Waals surface area contributed by atoms with Crippen LogP contribution in [-0.2, 0) is 15.8 Å². The van der Waals surface area contributed by atoms with E-state index in [1.807, 2.05) is 55.1 Å². The smallest absolute Gasteiger partial charge is 0.276 e. The summed E-state index contributed by atoms with van der Waals surface area (Å²) in [7, 11) is -5.71. The van der Waals surface area contributed by atoms with Gasteiger partial charge in [-0.15, -0.1) is 0 Å². The molecule has 252 valence electrons. The molecule has 1 amide bonds. The second kappa shape index (κ2) is 13.0. The molecule has 0 unspecified atom stereocenters. The van der Waals surface area contributed by atoms with Crippen LogP contribution >= 0.6 is 10.6 Å². The van der Waals surface area contributed by atoms with Crippen molar-refractivity contribution >= 4 is 51.8 Å². The first-order chi connectivity index (χ1) is 22.3. The molecule has 4 aromatic rings. The lowest BCUT2D eigenvalue weighted by Crippen LogP contribution is -2.66. The Balaban J connectivity index is 1.48. The van der Waals surface area contributed by atoms with E-state index in [4.69, 9.17) is 13.7 Å². The standard InChI is InChI=1S/C35H44FN3O6SSi/c1-24-21-39(22-25(2)44-24)32-26(20-29-31(37-45-33(29)30(32)36)34(40)38-16-18-46(41,42)19-17-38)23-43-47(35(3,4)5,27-12-8-6-9-13-27)28-14-10-7-11-15-28/h6-15,20,24-25,41-42H,16-19,21-23H2,1-5H3/t24-,25+. The van der Waals surface area contributed by atoms with Gasteiger partial charge in [0.25, 0.3) is 14.2 Å². The molecule has 1 aromatic heterocycles. The second-order valence-corrected chi connectivity index (χ2v) is 20.4. The maximum absolute atomic E-state index is 16.8. The number of benzene rings is 3. The Morgan fingerprint density at radius 1 is 1.00 bits per heavy atom. The van der Waals surface area contributed by atoms with Crippen molar-refractivity contribution in [2.45, 2.75) is 58.5 Å². The van der Waals surface area contributed by atoms with E-state index in [9.17, 15) is 13.9 Å². The average Bonchev–Trinajstić information content (AvgIpc) is 3.45.